The second-order valence-corrected chi connectivity index (χ2v) is 10.5. The number of carbonyl (C=O) groups excluding carboxylic acids is 1. The summed E-state index contributed by atoms with van der Waals surface area (Å²) in [6.07, 6.45) is 2.59. The minimum Gasteiger partial charge on any atom is -0.369 e. The molecule has 3 aliphatic heterocycles. The van der Waals surface area contributed by atoms with E-state index in [-0.39, 0.29) is 0 Å². The summed E-state index contributed by atoms with van der Waals surface area (Å²) in [6.45, 7) is 10.5. The fourth-order valence-electron chi connectivity index (χ4n) is 5.71. The Balaban J connectivity index is 1.10. The van der Waals surface area contributed by atoms with Gasteiger partial charge < -0.3 is 24.5 Å². The van der Waals surface area contributed by atoms with Crippen molar-refractivity contribution in [3.63, 3.8) is 0 Å². The molecular formula is C27H40N6O2. The molecule has 3 aliphatic rings. The van der Waals surface area contributed by atoms with Gasteiger partial charge in [-0.1, -0.05) is 23.4 Å². The lowest BCUT2D eigenvalue weighted by Crippen LogP contribution is -2.48. The van der Waals surface area contributed by atoms with Crippen LogP contribution in [-0.4, -0.2) is 98.3 Å². The van der Waals surface area contributed by atoms with Crippen LogP contribution >= 0.6 is 0 Å². The van der Waals surface area contributed by atoms with Crippen molar-refractivity contribution in [1.82, 2.24) is 25.2 Å². The topological polar surface area (TPSA) is 68.1 Å². The van der Waals surface area contributed by atoms with Crippen molar-refractivity contribution in [1.29, 1.82) is 0 Å². The fraction of sp³-hybridized carbons (Fsp3) is 0.630. The third-order valence-electron chi connectivity index (χ3n) is 8.01. The Morgan fingerprint density at radius 3 is 2.57 bits per heavy atom. The Labute approximate surface area is 209 Å². The molecule has 3 fully saturated rings. The van der Waals surface area contributed by atoms with E-state index < -0.39 is 0 Å². The molecule has 8 nitrogen and oxygen atoms in total. The van der Waals surface area contributed by atoms with Crippen molar-refractivity contribution in [3.05, 3.63) is 47.9 Å². The van der Waals surface area contributed by atoms with Gasteiger partial charge in [0, 0.05) is 70.5 Å². The molecule has 190 valence electrons. The maximum Gasteiger partial charge on any atom is 0.222 e. The first-order valence-electron chi connectivity index (χ1n) is 13.3. The first-order valence-corrected chi connectivity index (χ1v) is 13.3. The van der Waals surface area contributed by atoms with E-state index in [9.17, 15) is 4.79 Å². The van der Waals surface area contributed by atoms with Gasteiger partial charge in [-0.2, -0.15) is 0 Å². The van der Waals surface area contributed by atoms with E-state index in [1.807, 2.05) is 0 Å². The normalized spacial score (nSPS) is 24.6. The first-order chi connectivity index (χ1) is 17.1. The minimum atomic E-state index is 0.325. The van der Waals surface area contributed by atoms with Gasteiger partial charge in [-0.3, -0.25) is 9.69 Å². The third kappa shape index (κ3) is 6.42. The molecule has 2 atom stereocenters. The van der Waals surface area contributed by atoms with Crippen LogP contribution in [0, 0.1) is 11.8 Å². The summed E-state index contributed by atoms with van der Waals surface area (Å²) >= 11 is 0. The number of nitrogens with one attached hydrogen (secondary N) is 1. The number of piperazine rings is 2. The second kappa shape index (κ2) is 11.5. The number of amides is 1. The van der Waals surface area contributed by atoms with Gasteiger partial charge in [0.05, 0.1) is 12.2 Å². The summed E-state index contributed by atoms with van der Waals surface area (Å²) in [5.41, 5.74) is 2.32. The Morgan fingerprint density at radius 2 is 1.80 bits per heavy atom. The molecule has 1 N–H and O–H groups in total. The van der Waals surface area contributed by atoms with Crippen LogP contribution in [0.25, 0.3) is 0 Å². The van der Waals surface area contributed by atoms with Crippen molar-refractivity contribution < 1.29 is 9.32 Å². The largest absolute Gasteiger partial charge is 0.369 e. The second-order valence-electron chi connectivity index (χ2n) is 10.5. The monoisotopic (exact) mass is 480 g/mol. The van der Waals surface area contributed by atoms with Crippen LogP contribution in [0.3, 0.4) is 0 Å². The van der Waals surface area contributed by atoms with Crippen LogP contribution in [0.4, 0.5) is 5.69 Å². The molecule has 8 heteroatoms. The number of benzene rings is 1. The van der Waals surface area contributed by atoms with Crippen LogP contribution < -0.4 is 10.2 Å². The highest BCUT2D eigenvalue weighted by atomic mass is 16.5. The highest BCUT2D eigenvalue weighted by molar-refractivity contribution is 5.76. The van der Waals surface area contributed by atoms with Crippen LogP contribution in [0.1, 0.15) is 24.3 Å². The molecule has 1 aromatic heterocycles. The zero-order valence-corrected chi connectivity index (χ0v) is 21.1. The smallest absolute Gasteiger partial charge is 0.222 e. The highest BCUT2D eigenvalue weighted by Crippen LogP contribution is 2.27. The van der Waals surface area contributed by atoms with E-state index in [1.165, 1.54) is 5.69 Å². The third-order valence-corrected chi connectivity index (χ3v) is 8.01. The van der Waals surface area contributed by atoms with E-state index in [0.717, 1.165) is 96.3 Å². The maximum absolute atomic E-state index is 13.0. The standard InChI is InChI=1S/C27H40N6O2/c1-30-9-13-33(14-10-30)27(34)18-22-7-8-28-20-23(22)17-24-19-26(35-29-24)21-31-11-15-32(16-12-31)25-5-3-2-4-6-25/h2-6,19,22-23,28H,7-18,20-21H2,1H3. The molecule has 0 radical (unpaired) electrons. The molecule has 5 rings (SSSR count). The maximum atomic E-state index is 13.0. The number of likely N-dealkylation sites (N-methyl/N-ethyl adjacent to an activating group) is 1. The summed E-state index contributed by atoms with van der Waals surface area (Å²) in [5, 5.41) is 7.94. The number of carbonyl (C=O) groups is 1. The number of aromatic nitrogens is 1. The summed E-state index contributed by atoms with van der Waals surface area (Å²) < 4.78 is 5.74. The molecule has 0 spiro atoms. The molecular weight excluding hydrogens is 440 g/mol. The lowest BCUT2D eigenvalue weighted by molar-refractivity contribution is -0.134. The average molecular weight is 481 g/mol. The van der Waals surface area contributed by atoms with Crippen molar-refractivity contribution in [2.24, 2.45) is 11.8 Å². The van der Waals surface area contributed by atoms with Crippen molar-refractivity contribution in [2.75, 3.05) is 77.4 Å². The Kier molecular flexibility index (Phi) is 8.01. The van der Waals surface area contributed by atoms with Gasteiger partial charge >= 0.3 is 0 Å². The quantitative estimate of drug-likeness (QED) is 0.650. The van der Waals surface area contributed by atoms with E-state index in [4.69, 9.17) is 4.52 Å². The van der Waals surface area contributed by atoms with Crippen molar-refractivity contribution >= 4 is 11.6 Å². The molecule has 0 aliphatic carbocycles. The summed E-state index contributed by atoms with van der Waals surface area (Å²) in [6, 6.07) is 12.8. The highest BCUT2D eigenvalue weighted by Gasteiger charge is 2.30. The summed E-state index contributed by atoms with van der Waals surface area (Å²) in [7, 11) is 2.13. The number of piperidine rings is 1. The van der Waals surface area contributed by atoms with Crippen molar-refractivity contribution in [3.8, 4) is 0 Å². The Bertz CT molecular complexity index is 934. The van der Waals surface area contributed by atoms with Gasteiger partial charge in [0.2, 0.25) is 5.91 Å². The average Bonchev–Trinajstić information content (AvgIpc) is 3.33. The molecule has 2 aromatic rings. The number of hydrogen-bond donors (Lipinski definition) is 1. The summed E-state index contributed by atoms with van der Waals surface area (Å²) in [4.78, 5) is 22.2. The van der Waals surface area contributed by atoms with Crippen molar-refractivity contribution in [2.45, 2.75) is 25.8 Å². The van der Waals surface area contributed by atoms with Gasteiger partial charge in [0.15, 0.2) is 5.76 Å². The number of para-hydroxylation sites is 1. The zero-order chi connectivity index (χ0) is 24.0. The molecule has 35 heavy (non-hydrogen) atoms. The molecule has 0 saturated carbocycles. The minimum absolute atomic E-state index is 0.325. The molecule has 1 amide bonds. The molecule has 4 heterocycles. The number of anilines is 1. The lowest BCUT2D eigenvalue weighted by atomic mass is 9.81. The number of rotatable bonds is 7. The van der Waals surface area contributed by atoms with Gasteiger partial charge in [-0.05, 0) is 56.9 Å². The first kappa shape index (κ1) is 24.3. The van der Waals surface area contributed by atoms with E-state index >= 15 is 0 Å². The van der Waals surface area contributed by atoms with Crippen LogP contribution in [0.2, 0.25) is 0 Å². The lowest BCUT2D eigenvalue weighted by Gasteiger charge is -2.36. The number of nitrogens with zero attached hydrogens (tertiary/aromatic N) is 5. The predicted molar refractivity (Wildman–Crippen MR) is 137 cm³/mol. The van der Waals surface area contributed by atoms with E-state index in [0.29, 0.717) is 24.2 Å². The van der Waals surface area contributed by atoms with E-state index in [1.54, 1.807) is 0 Å². The van der Waals surface area contributed by atoms with Crippen LogP contribution in [0.5, 0.6) is 0 Å². The molecule has 3 saturated heterocycles. The van der Waals surface area contributed by atoms with Gasteiger partial charge in [-0.25, -0.2) is 0 Å². The van der Waals surface area contributed by atoms with Crippen LogP contribution in [-0.2, 0) is 17.8 Å². The van der Waals surface area contributed by atoms with Gasteiger partial charge in [0.25, 0.3) is 0 Å². The fourth-order valence-corrected chi connectivity index (χ4v) is 5.71. The molecule has 2 unspecified atom stereocenters. The predicted octanol–water partition coefficient (Wildman–Crippen LogP) is 1.93. The van der Waals surface area contributed by atoms with Crippen LogP contribution in [0.15, 0.2) is 40.9 Å². The summed E-state index contributed by atoms with van der Waals surface area (Å²) in [5.74, 6) is 2.11. The van der Waals surface area contributed by atoms with Gasteiger partial charge in [-0.15, -0.1) is 0 Å². The SMILES string of the molecule is CN1CCN(C(=O)CC2CCNCC2Cc2cc(CN3CCN(c4ccccc4)CC3)on2)CC1. The number of hydrogen-bond acceptors (Lipinski definition) is 7. The van der Waals surface area contributed by atoms with E-state index in [2.05, 4.69) is 73.5 Å². The van der Waals surface area contributed by atoms with Gasteiger partial charge in [0.1, 0.15) is 0 Å². The molecule has 1 aromatic carbocycles. The Morgan fingerprint density at radius 1 is 1.03 bits per heavy atom. The molecule has 0 bridgehead atoms. The zero-order valence-electron chi connectivity index (χ0n) is 21.1. The Hall–Kier alpha value is -2.42.